The van der Waals surface area contributed by atoms with Crippen molar-refractivity contribution in [3.8, 4) is 0 Å². The summed E-state index contributed by atoms with van der Waals surface area (Å²) >= 11 is 0. The summed E-state index contributed by atoms with van der Waals surface area (Å²) in [6.07, 6.45) is 3.39. The van der Waals surface area contributed by atoms with Crippen LogP contribution in [0.1, 0.15) is 0 Å². The molecule has 1 heterocycles. The third-order valence-electron chi connectivity index (χ3n) is 1.88. The van der Waals surface area contributed by atoms with E-state index < -0.39 is 6.09 Å². The van der Waals surface area contributed by atoms with Crippen molar-refractivity contribution in [2.75, 3.05) is 0 Å². The Hall–Kier alpha value is -2.10. The van der Waals surface area contributed by atoms with E-state index in [9.17, 15) is 4.79 Å². The van der Waals surface area contributed by atoms with Crippen molar-refractivity contribution in [1.82, 2.24) is 4.90 Å². The Morgan fingerprint density at radius 1 is 1.36 bits per heavy atom. The molecule has 1 aliphatic heterocycles. The van der Waals surface area contributed by atoms with Gasteiger partial charge in [-0.3, -0.25) is 9.89 Å². The number of rotatable bonds is 0. The van der Waals surface area contributed by atoms with Crippen molar-refractivity contribution < 1.29 is 9.90 Å². The van der Waals surface area contributed by atoms with Crippen LogP contribution in [0.2, 0.25) is 0 Å². The zero-order chi connectivity index (χ0) is 9.97. The summed E-state index contributed by atoms with van der Waals surface area (Å²) in [7, 11) is 0. The number of carbonyl (C=O) groups is 1. The Labute approximate surface area is 80.1 Å². The molecule has 1 aromatic rings. The smallest absolute Gasteiger partial charge is 0.415 e. The van der Waals surface area contributed by atoms with Crippen molar-refractivity contribution >= 4 is 12.3 Å². The first-order valence-corrected chi connectivity index (χ1v) is 4.10. The second-order valence-corrected chi connectivity index (χ2v) is 2.81. The maximum Gasteiger partial charge on any atom is 0.415 e. The van der Waals surface area contributed by atoms with Gasteiger partial charge in [-0.25, -0.2) is 4.79 Å². The summed E-state index contributed by atoms with van der Waals surface area (Å²) < 4.78 is 0. The van der Waals surface area contributed by atoms with Crippen LogP contribution in [0.25, 0.3) is 6.20 Å². The minimum atomic E-state index is -1.02. The molecular weight excluding hydrogens is 180 g/mol. The second kappa shape index (κ2) is 3.33. The highest BCUT2D eigenvalue weighted by molar-refractivity contribution is 5.71. The molecule has 14 heavy (non-hydrogen) atoms. The van der Waals surface area contributed by atoms with Crippen LogP contribution in [0.4, 0.5) is 4.79 Å². The molecule has 0 aliphatic carbocycles. The van der Waals surface area contributed by atoms with Gasteiger partial charge in [0.1, 0.15) is 0 Å². The summed E-state index contributed by atoms with van der Waals surface area (Å²) in [5.74, 6) is 0. The first-order chi connectivity index (χ1) is 6.77. The molecule has 1 amide bonds. The van der Waals surface area contributed by atoms with Gasteiger partial charge in [0.25, 0.3) is 0 Å². The van der Waals surface area contributed by atoms with Crippen molar-refractivity contribution in [2.45, 2.75) is 0 Å². The quantitative estimate of drug-likeness (QED) is 0.644. The maximum atomic E-state index is 10.7. The van der Waals surface area contributed by atoms with Crippen molar-refractivity contribution in [2.24, 2.45) is 4.99 Å². The lowest BCUT2D eigenvalue weighted by Crippen LogP contribution is -2.27. The Morgan fingerprint density at radius 2 is 2.14 bits per heavy atom. The molecule has 0 bridgehead atoms. The minimum Gasteiger partial charge on any atom is -0.464 e. The number of amides is 1. The second-order valence-electron chi connectivity index (χ2n) is 2.81. The van der Waals surface area contributed by atoms with Gasteiger partial charge in [0.2, 0.25) is 0 Å². The maximum absolute atomic E-state index is 10.7. The number of carboxylic acid groups (broad SMARTS) is 1. The van der Waals surface area contributed by atoms with E-state index in [1.165, 1.54) is 18.6 Å². The molecule has 0 saturated carbocycles. The molecule has 0 spiro atoms. The zero-order valence-electron chi connectivity index (χ0n) is 7.29. The fraction of sp³-hybridized carbons (Fsp3) is 0. The molecule has 70 valence electrons. The Balaban J connectivity index is 2.63. The Kier molecular flexibility index (Phi) is 2.02. The number of benzene rings is 1. The van der Waals surface area contributed by atoms with Gasteiger partial charge >= 0.3 is 6.09 Å². The van der Waals surface area contributed by atoms with Gasteiger partial charge in [0.15, 0.2) is 0 Å². The van der Waals surface area contributed by atoms with Gasteiger partial charge in [-0.15, -0.1) is 0 Å². The average Bonchev–Trinajstić information content (AvgIpc) is 2.39. The van der Waals surface area contributed by atoms with Crippen LogP contribution >= 0.6 is 0 Å². The van der Waals surface area contributed by atoms with Gasteiger partial charge in [-0.05, 0) is 6.07 Å². The van der Waals surface area contributed by atoms with Crippen LogP contribution in [0.15, 0.2) is 41.7 Å². The molecular formula is C10H8N2O2. The molecule has 0 unspecified atom stereocenters. The molecule has 2 rings (SSSR count). The Morgan fingerprint density at radius 3 is 2.93 bits per heavy atom. The summed E-state index contributed by atoms with van der Waals surface area (Å²) in [5.41, 5.74) is 0. The summed E-state index contributed by atoms with van der Waals surface area (Å²) in [4.78, 5) is 15.9. The van der Waals surface area contributed by atoms with E-state index in [-0.39, 0.29) is 0 Å². The lowest BCUT2D eigenvalue weighted by Gasteiger charge is -2.05. The summed E-state index contributed by atoms with van der Waals surface area (Å²) in [6, 6.07) is 7.36. The fourth-order valence-electron chi connectivity index (χ4n) is 1.21. The van der Waals surface area contributed by atoms with Crippen LogP contribution in [0.5, 0.6) is 0 Å². The number of hydrogen-bond acceptors (Lipinski definition) is 2. The van der Waals surface area contributed by atoms with Crippen molar-refractivity contribution in [1.29, 1.82) is 0 Å². The molecule has 1 N–H and O–H groups in total. The fourth-order valence-corrected chi connectivity index (χ4v) is 1.21. The molecule has 0 fully saturated rings. The number of nitrogens with zero attached hydrogens (tertiary/aromatic N) is 2. The predicted molar refractivity (Wildman–Crippen MR) is 50.7 cm³/mol. The SMILES string of the molecule is O=C(O)N1C=CN=c2ccccc2=C1. The summed E-state index contributed by atoms with van der Waals surface area (Å²) in [6.45, 7) is 0. The van der Waals surface area contributed by atoms with Gasteiger partial charge in [-0.1, -0.05) is 18.2 Å². The highest BCUT2D eigenvalue weighted by Crippen LogP contribution is 1.94. The lowest BCUT2D eigenvalue weighted by molar-refractivity contribution is 0.179. The zero-order valence-corrected chi connectivity index (χ0v) is 7.29. The normalized spacial score (nSPS) is 13.6. The van der Waals surface area contributed by atoms with E-state index in [1.54, 1.807) is 0 Å². The van der Waals surface area contributed by atoms with Gasteiger partial charge in [0, 0.05) is 23.8 Å². The minimum absolute atomic E-state index is 0.771. The number of hydrogen-bond donors (Lipinski definition) is 1. The molecule has 0 atom stereocenters. The first-order valence-electron chi connectivity index (χ1n) is 4.10. The number of fused-ring (bicyclic) bond motifs is 1. The van der Waals surface area contributed by atoms with E-state index in [0.717, 1.165) is 15.5 Å². The highest BCUT2D eigenvalue weighted by atomic mass is 16.4. The molecule has 4 nitrogen and oxygen atoms in total. The molecule has 0 saturated heterocycles. The van der Waals surface area contributed by atoms with Crippen LogP contribution < -0.4 is 10.6 Å². The third-order valence-corrected chi connectivity index (χ3v) is 1.88. The van der Waals surface area contributed by atoms with Crippen LogP contribution in [-0.4, -0.2) is 16.1 Å². The topological polar surface area (TPSA) is 52.9 Å². The van der Waals surface area contributed by atoms with Crippen molar-refractivity contribution in [3.05, 3.63) is 47.2 Å². The standard InChI is InChI=1S/C10H8N2O2/c13-10(14)12-6-5-11-9-4-2-1-3-8(9)7-12/h1-7H,(H,13,14). The first kappa shape index (κ1) is 8.50. The van der Waals surface area contributed by atoms with Gasteiger partial charge < -0.3 is 5.11 Å². The third kappa shape index (κ3) is 1.50. The monoisotopic (exact) mass is 188 g/mol. The van der Waals surface area contributed by atoms with E-state index >= 15 is 0 Å². The predicted octanol–water partition coefficient (Wildman–Crippen LogP) is 0.509. The van der Waals surface area contributed by atoms with Crippen LogP contribution in [0, 0.1) is 0 Å². The van der Waals surface area contributed by atoms with Crippen molar-refractivity contribution in [3.63, 3.8) is 0 Å². The largest absolute Gasteiger partial charge is 0.464 e. The van der Waals surface area contributed by atoms with E-state index in [2.05, 4.69) is 4.99 Å². The van der Waals surface area contributed by atoms with Gasteiger partial charge in [-0.2, -0.15) is 0 Å². The average molecular weight is 188 g/mol. The molecule has 0 aromatic heterocycles. The number of para-hydroxylation sites is 1. The molecule has 1 aromatic carbocycles. The molecule has 1 aliphatic rings. The van der Waals surface area contributed by atoms with E-state index in [1.807, 2.05) is 24.3 Å². The van der Waals surface area contributed by atoms with E-state index in [4.69, 9.17) is 5.11 Å². The van der Waals surface area contributed by atoms with Crippen LogP contribution in [-0.2, 0) is 0 Å². The molecule has 4 heteroatoms. The lowest BCUT2D eigenvalue weighted by atomic mass is 10.3. The van der Waals surface area contributed by atoms with E-state index in [0.29, 0.717) is 0 Å². The summed E-state index contributed by atoms with van der Waals surface area (Å²) in [5, 5.41) is 10.4. The molecule has 0 radical (unpaired) electrons. The highest BCUT2D eigenvalue weighted by Gasteiger charge is 2.05. The Bertz CT molecular complexity index is 505. The van der Waals surface area contributed by atoms with Gasteiger partial charge in [0.05, 0.1) is 5.36 Å². The van der Waals surface area contributed by atoms with Crippen LogP contribution in [0.3, 0.4) is 0 Å².